The van der Waals surface area contributed by atoms with Gasteiger partial charge in [0.15, 0.2) is 11.5 Å². The van der Waals surface area contributed by atoms with Crippen LogP contribution in [0.4, 0.5) is 4.79 Å². The Bertz CT molecular complexity index is 1080. The molecule has 0 aromatic heterocycles. The molecule has 0 N–H and O–H groups in total. The molecule has 1 aliphatic heterocycles. The van der Waals surface area contributed by atoms with Gasteiger partial charge in [-0.3, -0.25) is 4.90 Å². The number of nitriles is 1. The maximum atomic E-state index is 12.9. The SMILES string of the molecule is CCOC(=O)C1Cc2c(ccc(OC)c2OCc2ccc(C#N)cc2)CN1C(=O)OC(C)(C)C. The van der Waals surface area contributed by atoms with Gasteiger partial charge in [-0.15, -0.1) is 0 Å². The molecule has 2 aromatic rings. The summed E-state index contributed by atoms with van der Waals surface area (Å²) in [6.45, 7) is 7.68. The van der Waals surface area contributed by atoms with Gasteiger partial charge in [-0.05, 0) is 57.0 Å². The molecule has 0 fully saturated rings. The summed E-state index contributed by atoms with van der Waals surface area (Å²) in [6, 6.07) is 12.0. The van der Waals surface area contributed by atoms with Crippen LogP contribution in [0.5, 0.6) is 11.5 Å². The lowest BCUT2D eigenvalue weighted by atomic mass is 9.92. The van der Waals surface area contributed by atoms with Gasteiger partial charge in [-0.1, -0.05) is 18.2 Å². The Morgan fingerprint density at radius 2 is 1.85 bits per heavy atom. The lowest BCUT2D eigenvalue weighted by Gasteiger charge is -2.37. The van der Waals surface area contributed by atoms with Crippen LogP contribution in [0.25, 0.3) is 0 Å². The van der Waals surface area contributed by atoms with Crippen LogP contribution in [0.3, 0.4) is 0 Å². The molecular weight excluding hydrogens is 436 g/mol. The highest BCUT2D eigenvalue weighted by molar-refractivity contribution is 5.83. The summed E-state index contributed by atoms with van der Waals surface area (Å²) in [7, 11) is 1.55. The molecule has 0 radical (unpaired) electrons. The Morgan fingerprint density at radius 3 is 2.44 bits per heavy atom. The van der Waals surface area contributed by atoms with Crippen LogP contribution in [0.15, 0.2) is 36.4 Å². The molecule has 34 heavy (non-hydrogen) atoms. The van der Waals surface area contributed by atoms with Crippen LogP contribution in [-0.4, -0.2) is 42.3 Å². The second-order valence-electron chi connectivity index (χ2n) is 8.91. The molecule has 0 bridgehead atoms. The number of amides is 1. The summed E-state index contributed by atoms with van der Waals surface area (Å²) in [5.41, 5.74) is 2.36. The molecule has 1 aliphatic rings. The van der Waals surface area contributed by atoms with E-state index in [2.05, 4.69) is 6.07 Å². The second kappa shape index (κ2) is 10.5. The van der Waals surface area contributed by atoms with Gasteiger partial charge in [-0.25, -0.2) is 9.59 Å². The van der Waals surface area contributed by atoms with Gasteiger partial charge in [0, 0.05) is 12.0 Å². The van der Waals surface area contributed by atoms with Gasteiger partial charge in [-0.2, -0.15) is 5.26 Å². The smallest absolute Gasteiger partial charge is 0.411 e. The maximum absolute atomic E-state index is 12.9. The molecule has 0 saturated carbocycles. The quantitative estimate of drug-likeness (QED) is 0.583. The predicted molar refractivity (Wildman–Crippen MR) is 124 cm³/mol. The van der Waals surface area contributed by atoms with Crippen molar-refractivity contribution in [2.45, 2.75) is 58.9 Å². The van der Waals surface area contributed by atoms with Crippen molar-refractivity contribution in [3.05, 3.63) is 58.7 Å². The topological polar surface area (TPSA) is 98.1 Å². The average Bonchev–Trinajstić information content (AvgIpc) is 2.80. The first-order valence-corrected chi connectivity index (χ1v) is 11.1. The van der Waals surface area contributed by atoms with Crippen molar-refractivity contribution in [2.24, 2.45) is 0 Å². The molecule has 1 unspecified atom stereocenters. The minimum atomic E-state index is -0.855. The van der Waals surface area contributed by atoms with E-state index >= 15 is 0 Å². The van der Waals surface area contributed by atoms with Crippen LogP contribution in [0.1, 0.15) is 49.9 Å². The van der Waals surface area contributed by atoms with E-state index in [9.17, 15) is 9.59 Å². The van der Waals surface area contributed by atoms with Crippen LogP contribution < -0.4 is 9.47 Å². The molecule has 0 aliphatic carbocycles. The highest BCUT2D eigenvalue weighted by Crippen LogP contribution is 2.39. The van der Waals surface area contributed by atoms with Gasteiger partial charge in [0.1, 0.15) is 18.2 Å². The summed E-state index contributed by atoms with van der Waals surface area (Å²) in [5, 5.41) is 9.00. The Hall–Kier alpha value is -3.73. The van der Waals surface area contributed by atoms with Gasteiger partial charge in [0.05, 0.1) is 31.9 Å². The number of methoxy groups -OCH3 is 1. The number of hydrogen-bond donors (Lipinski definition) is 0. The standard InChI is InChI=1S/C26H30N2O6/c1-6-32-24(29)21-13-20-19(15-28(21)25(30)34-26(2,3)4)11-12-22(31-5)23(20)33-16-18-9-7-17(14-27)8-10-18/h7-12,21H,6,13,15-16H2,1-5H3. The van der Waals surface area contributed by atoms with E-state index in [0.29, 0.717) is 17.1 Å². The molecular formula is C26H30N2O6. The lowest BCUT2D eigenvalue weighted by molar-refractivity contribution is -0.150. The molecule has 2 aromatic carbocycles. The predicted octanol–water partition coefficient (Wildman–Crippen LogP) is 4.37. The normalized spacial score (nSPS) is 15.1. The summed E-state index contributed by atoms with van der Waals surface area (Å²) < 4.78 is 22.5. The number of rotatable bonds is 6. The van der Waals surface area contributed by atoms with Crippen LogP contribution in [-0.2, 0) is 33.8 Å². The molecule has 0 spiro atoms. The third kappa shape index (κ3) is 5.79. The maximum Gasteiger partial charge on any atom is 0.411 e. The molecule has 8 nitrogen and oxygen atoms in total. The monoisotopic (exact) mass is 466 g/mol. The highest BCUT2D eigenvalue weighted by Gasteiger charge is 2.39. The fourth-order valence-electron chi connectivity index (χ4n) is 3.73. The number of carbonyl (C=O) groups is 2. The van der Waals surface area contributed by atoms with Crippen molar-refractivity contribution in [2.75, 3.05) is 13.7 Å². The van der Waals surface area contributed by atoms with Gasteiger partial charge < -0.3 is 18.9 Å². The van der Waals surface area contributed by atoms with Gasteiger partial charge >= 0.3 is 12.1 Å². The Kier molecular flexibility index (Phi) is 7.67. The van der Waals surface area contributed by atoms with E-state index in [0.717, 1.165) is 16.7 Å². The van der Waals surface area contributed by atoms with Crippen LogP contribution in [0, 0.1) is 11.3 Å². The Labute approximate surface area is 200 Å². The number of benzene rings is 2. The van der Waals surface area contributed by atoms with Crippen molar-refractivity contribution in [1.82, 2.24) is 4.90 Å². The number of carbonyl (C=O) groups excluding carboxylic acids is 2. The van der Waals surface area contributed by atoms with E-state index < -0.39 is 23.7 Å². The van der Waals surface area contributed by atoms with Crippen LogP contribution >= 0.6 is 0 Å². The molecule has 3 rings (SSSR count). The first-order valence-electron chi connectivity index (χ1n) is 11.1. The zero-order valence-electron chi connectivity index (χ0n) is 20.2. The fourth-order valence-corrected chi connectivity index (χ4v) is 3.73. The molecule has 1 atom stereocenters. The first-order chi connectivity index (χ1) is 16.2. The van der Waals surface area contributed by atoms with Crippen molar-refractivity contribution in [1.29, 1.82) is 5.26 Å². The van der Waals surface area contributed by atoms with E-state index in [1.807, 2.05) is 18.2 Å². The van der Waals surface area contributed by atoms with Crippen LogP contribution in [0.2, 0.25) is 0 Å². The molecule has 8 heteroatoms. The van der Waals surface area contributed by atoms with Crippen molar-refractivity contribution in [3.8, 4) is 17.6 Å². The van der Waals surface area contributed by atoms with E-state index in [4.69, 9.17) is 24.2 Å². The minimum Gasteiger partial charge on any atom is -0.493 e. The largest absolute Gasteiger partial charge is 0.493 e. The summed E-state index contributed by atoms with van der Waals surface area (Å²) in [6.07, 6.45) is -0.375. The Morgan fingerprint density at radius 1 is 1.15 bits per heavy atom. The van der Waals surface area contributed by atoms with Gasteiger partial charge in [0.25, 0.3) is 0 Å². The average molecular weight is 467 g/mol. The fraction of sp³-hybridized carbons (Fsp3) is 0.423. The highest BCUT2D eigenvalue weighted by atomic mass is 16.6. The zero-order chi connectivity index (χ0) is 24.9. The van der Waals surface area contributed by atoms with Crippen molar-refractivity contribution < 1.29 is 28.5 Å². The van der Waals surface area contributed by atoms with Crippen molar-refractivity contribution >= 4 is 12.1 Å². The third-order valence-corrected chi connectivity index (χ3v) is 5.31. The second-order valence-corrected chi connectivity index (χ2v) is 8.91. The zero-order valence-corrected chi connectivity index (χ0v) is 20.2. The first kappa shape index (κ1) is 24.9. The van der Waals surface area contributed by atoms with E-state index in [1.54, 1.807) is 53.0 Å². The minimum absolute atomic E-state index is 0.172. The van der Waals surface area contributed by atoms with E-state index in [-0.39, 0.29) is 26.2 Å². The third-order valence-electron chi connectivity index (χ3n) is 5.31. The summed E-state index contributed by atoms with van der Waals surface area (Å²) in [5.74, 6) is 0.545. The lowest BCUT2D eigenvalue weighted by Crippen LogP contribution is -2.50. The molecule has 0 saturated heterocycles. The molecule has 1 amide bonds. The Balaban J connectivity index is 1.94. The van der Waals surface area contributed by atoms with Gasteiger partial charge in [0.2, 0.25) is 0 Å². The number of esters is 1. The molecule has 180 valence electrons. The summed E-state index contributed by atoms with van der Waals surface area (Å²) in [4.78, 5) is 27.2. The number of nitrogens with zero attached hydrogens (tertiary/aromatic N) is 2. The summed E-state index contributed by atoms with van der Waals surface area (Å²) >= 11 is 0. The number of fused-ring (bicyclic) bond motifs is 1. The molecule has 1 heterocycles. The van der Waals surface area contributed by atoms with Crippen molar-refractivity contribution in [3.63, 3.8) is 0 Å². The van der Waals surface area contributed by atoms with E-state index in [1.165, 1.54) is 4.90 Å². The number of hydrogen-bond acceptors (Lipinski definition) is 7. The number of ether oxygens (including phenoxy) is 4.